The van der Waals surface area contributed by atoms with Crippen molar-refractivity contribution in [3.05, 3.63) is 0 Å². The Morgan fingerprint density at radius 2 is 2.54 bits per heavy atom. The van der Waals surface area contributed by atoms with Gasteiger partial charge in [0.15, 0.2) is 0 Å². The number of aliphatic imine (C=N–C) groups is 1. The van der Waals surface area contributed by atoms with Crippen molar-refractivity contribution in [2.75, 3.05) is 13.7 Å². The molecule has 6 heteroatoms. The second kappa shape index (κ2) is 4.08. The topological polar surface area (TPSA) is 80.0 Å². The van der Waals surface area contributed by atoms with Crippen LogP contribution in [0.25, 0.3) is 0 Å². The molecule has 0 saturated heterocycles. The lowest BCUT2D eigenvalue weighted by atomic mass is 10.4. The van der Waals surface area contributed by atoms with Gasteiger partial charge < -0.3 is 10.5 Å². The van der Waals surface area contributed by atoms with E-state index in [-0.39, 0.29) is 12.1 Å². The van der Waals surface area contributed by atoms with E-state index in [4.69, 9.17) is 5.73 Å². The van der Waals surface area contributed by atoms with Crippen LogP contribution in [0.15, 0.2) is 4.99 Å². The van der Waals surface area contributed by atoms with Gasteiger partial charge in [-0.2, -0.15) is 5.01 Å². The Labute approximate surface area is 76.7 Å². The van der Waals surface area contributed by atoms with Crippen LogP contribution in [-0.4, -0.2) is 36.8 Å². The van der Waals surface area contributed by atoms with Crippen LogP contribution in [0, 0.1) is 0 Å². The summed E-state index contributed by atoms with van der Waals surface area (Å²) in [5.41, 5.74) is 8.27. The summed E-state index contributed by atoms with van der Waals surface area (Å²) < 4.78 is 4.51. The molecule has 1 rings (SSSR count). The highest BCUT2D eigenvalue weighted by molar-refractivity contribution is 5.78. The molecule has 1 atom stereocenters. The minimum absolute atomic E-state index is 0.0235. The molecule has 1 heterocycles. The van der Waals surface area contributed by atoms with E-state index in [1.165, 1.54) is 7.11 Å². The van der Waals surface area contributed by atoms with Crippen molar-refractivity contribution >= 4 is 11.9 Å². The largest absolute Gasteiger partial charge is 0.469 e. The number of nitrogens with one attached hydrogen (secondary N) is 1. The fourth-order valence-corrected chi connectivity index (χ4v) is 1.10. The Kier molecular flexibility index (Phi) is 3.07. The first-order valence-electron chi connectivity index (χ1n) is 4.07. The van der Waals surface area contributed by atoms with Crippen LogP contribution in [0.2, 0.25) is 0 Å². The number of hydrogen-bond donors (Lipinski definition) is 2. The molecule has 0 aromatic heterocycles. The summed E-state index contributed by atoms with van der Waals surface area (Å²) in [5, 5.41) is 1.78. The first-order valence-corrected chi connectivity index (χ1v) is 4.07. The number of nitrogens with zero attached hydrogens (tertiary/aromatic N) is 2. The van der Waals surface area contributed by atoms with E-state index in [2.05, 4.69) is 15.2 Å². The van der Waals surface area contributed by atoms with Crippen LogP contribution >= 0.6 is 0 Å². The van der Waals surface area contributed by atoms with Gasteiger partial charge in [0.25, 0.3) is 0 Å². The molecule has 1 aliphatic rings. The van der Waals surface area contributed by atoms with Gasteiger partial charge in [0, 0.05) is 6.54 Å². The molecule has 0 aromatic rings. The molecule has 6 nitrogen and oxygen atoms in total. The fourth-order valence-electron chi connectivity index (χ4n) is 1.10. The molecule has 0 fully saturated rings. The molecular formula is C7H14N4O2. The molecule has 0 saturated carbocycles. The Morgan fingerprint density at radius 3 is 3.00 bits per heavy atom. The molecular weight excluding hydrogens is 172 g/mol. The summed E-state index contributed by atoms with van der Waals surface area (Å²) in [6.07, 6.45) is 0.307. The summed E-state index contributed by atoms with van der Waals surface area (Å²) in [7, 11) is 1.37. The summed E-state index contributed by atoms with van der Waals surface area (Å²) >= 11 is 0. The Bertz CT molecular complexity index is 229. The van der Waals surface area contributed by atoms with Crippen molar-refractivity contribution < 1.29 is 9.53 Å². The zero-order chi connectivity index (χ0) is 9.84. The van der Waals surface area contributed by atoms with E-state index in [0.717, 1.165) is 0 Å². The average Bonchev–Trinajstić information content (AvgIpc) is 2.41. The second-order valence-corrected chi connectivity index (χ2v) is 2.78. The Morgan fingerprint density at radius 1 is 1.85 bits per heavy atom. The van der Waals surface area contributed by atoms with Gasteiger partial charge in [0.2, 0.25) is 5.96 Å². The van der Waals surface area contributed by atoms with Crippen LogP contribution in [-0.2, 0) is 9.53 Å². The predicted octanol–water partition coefficient (Wildman–Crippen LogP) is -0.970. The van der Waals surface area contributed by atoms with E-state index in [1.807, 2.05) is 6.92 Å². The van der Waals surface area contributed by atoms with Crippen molar-refractivity contribution in [3.63, 3.8) is 0 Å². The smallest absolute Gasteiger partial charge is 0.306 e. The molecule has 3 N–H and O–H groups in total. The molecule has 0 aliphatic carbocycles. The van der Waals surface area contributed by atoms with Gasteiger partial charge in [-0.25, -0.2) is 4.99 Å². The maximum atomic E-state index is 10.8. The lowest BCUT2D eigenvalue weighted by molar-refractivity contribution is -0.141. The summed E-state index contributed by atoms with van der Waals surface area (Å²) in [4.78, 5) is 14.8. The number of ether oxygens (including phenoxy) is 1. The number of guanidine groups is 1. The third-order valence-electron chi connectivity index (χ3n) is 1.82. The molecule has 74 valence electrons. The fraction of sp³-hybridized carbons (Fsp3) is 0.714. The van der Waals surface area contributed by atoms with Gasteiger partial charge in [-0.15, -0.1) is 0 Å². The minimum atomic E-state index is -0.237. The molecule has 0 spiro atoms. The van der Waals surface area contributed by atoms with Crippen molar-refractivity contribution in [1.29, 1.82) is 0 Å². The number of carbonyl (C=O) groups is 1. The second-order valence-electron chi connectivity index (χ2n) is 2.78. The normalized spacial score (nSPS) is 22.3. The first-order chi connectivity index (χ1) is 6.13. The molecule has 0 bridgehead atoms. The van der Waals surface area contributed by atoms with E-state index >= 15 is 0 Å². The molecule has 1 unspecified atom stereocenters. The maximum Gasteiger partial charge on any atom is 0.306 e. The number of rotatable bonds is 3. The van der Waals surface area contributed by atoms with Gasteiger partial charge in [0.1, 0.15) is 6.17 Å². The lowest BCUT2D eigenvalue weighted by Crippen LogP contribution is -2.43. The molecule has 1 aliphatic heterocycles. The highest BCUT2D eigenvalue weighted by Crippen LogP contribution is 2.03. The Balaban J connectivity index is 2.28. The number of hydrazine groups is 1. The van der Waals surface area contributed by atoms with Crippen molar-refractivity contribution in [2.24, 2.45) is 10.7 Å². The third kappa shape index (κ3) is 2.59. The monoisotopic (exact) mass is 186 g/mol. The average molecular weight is 186 g/mol. The van der Waals surface area contributed by atoms with Gasteiger partial charge in [-0.05, 0) is 6.92 Å². The highest BCUT2D eigenvalue weighted by atomic mass is 16.5. The number of nitrogens with two attached hydrogens (primary N) is 1. The van der Waals surface area contributed by atoms with Crippen LogP contribution < -0.4 is 11.2 Å². The van der Waals surface area contributed by atoms with Gasteiger partial charge in [-0.1, -0.05) is 0 Å². The standard InChI is InChI=1S/C7H14N4O2/c1-5-9-7(8)10-11(5)4-3-6(12)13-2/h5H,3-4H2,1-2H3,(H3,8,9,10). The number of hydrogen-bond acceptors (Lipinski definition) is 6. The molecule has 0 aromatic carbocycles. The van der Waals surface area contributed by atoms with Crippen LogP contribution in [0.4, 0.5) is 0 Å². The van der Waals surface area contributed by atoms with Gasteiger partial charge >= 0.3 is 5.97 Å². The summed E-state index contributed by atoms with van der Waals surface area (Å²) in [6, 6.07) is 0. The van der Waals surface area contributed by atoms with Gasteiger partial charge in [-0.3, -0.25) is 10.2 Å². The van der Waals surface area contributed by atoms with Crippen LogP contribution in [0.3, 0.4) is 0 Å². The van der Waals surface area contributed by atoms with Crippen LogP contribution in [0.1, 0.15) is 13.3 Å². The van der Waals surface area contributed by atoms with E-state index < -0.39 is 0 Å². The van der Waals surface area contributed by atoms with Crippen molar-refractivity contribution in [1.82, 2.24) is 10.4 Å². The van der Waals surface area contributed by atoms with E-state index in [1.54, 1.807) is 5.01 Å². The van der Waals surface area contributed by atoms with Crippen molar-refractivity contribution in [3.8, 4) is 0 Å². The SMILES string of the molecule is COC(=O)CCN1NC(N)=NC1C. The zero-order valence-electron chi connectivity index (χ0n) is 7.78. The summed E-state index contributed by atoms with van der Waals surface area (Å²) in [5.74, 6) is 0.150. The molecule has 0 amide bonds. The number of methoxy groups -OCH3 is 1. The zero-order valence-corrected chi connectivity index (χ0v) is 7.78. The highest BCUT2D eigenvalue weighted by Gasteiger charge is 2.20. The predicted molar refractivity (Wildman–Crippen MR) is 47.6 cm³/mol. The first kappa shape index (κ1) is 9.79. The van der Waals surface area contributed by atoms with E-state index in [0.29, 0.717) is 18.9 Å². The Hall–Kier alpha value is -1.30. The summed E-state index contributed by atoms with van der Waals surface area (Å²) in [6.45, 7) is 2.43. The maximum absolute atomic E-state index is 10.8. The van der Waals surface area contributed by atoms with Gasteiger partial charge in [0.05, 0.1) is 13.5 Å². The lowest BCUT2D eigenvalue weighted by Gasteiger charge is -2.18. The van der Waals surface area contributed by atoms with Crippen molar-refractivity contribution in [2.45, 2.75) is 19.5 Å². The number of esters is 1. The molecule has 13 heavy (non-hydrogen) atoms. The minimum Gasteiger partial charge on any atom is -0.469 e. The molecule has 0 radical (unpaired) electrons. The number of carbonyl (C=O) groups excluding carboxylic acids is 1. The van der Waals surface area contributed by atoms with E-state index in [9.17, 15) is 4.79 Å². The van der Waals surface area contributed by atoms with Crippen LogP contribution in [0.5, 0.6) is 0 Å². The third-order valence-corrected chi connectivity index (χ3v) is 1.82. The quantitative estimate of drug-likeness (QED) is 0.554.